The predicted molar refractivity (Wildman–Crippen MR) is 148 cm³/mol. The molecule has 0 aliphatic carbocycles. The quantitative estimate of drug-likeness (QED) is 0.310. The van der Waals surface area contributed by atoms with Crippen LogP contribution in [0.1, 0.15) is 87.5 Å². The number of nitrogens with one attached hydrogen (secondary N) is 1. The molecule has 4 amide bonds. The van der Waals surface area contributed by atoms with Gasteiger partial charge in [0.2, 0.25) is 23.6 Å². The zero-order valence-electron chi connectivity index (χ0n) is 25.4. The van der Waals surface area contributed by atoms with Crippen molar-refractivity contribution in [2.75, 3.05) is 21.1 Å². The number of nitrogens with zero attached hydrogens (tertiary/aromatic N) is 3. The monoisotopic (exact) mass is 540 g/mol. The maximum Gasteiger partial charge on any atom is 0.326 e. The van der Waals surface area contributed by atoms with Crippen LogP contribution >= 0.6 is 0 Å². The number of hydrogen-bond acceptors (Lipinski definition) is 5. The molecule has 2 N–H and O–H groups in total. The number of carboxylic acids is 1. The molecule has 0 aromatic heterocycles. The summed E-state index contributed by atoms with van der Waals surface area (Å²) in [6.45, 7) is 15.0. The number of amides is 4. The van der Waals surface area contributed by atoms with E-state index in [2.05, 4.69) is 5.32 Å². The van der Waals surface area contributed by atoms with E-state index >= 15 is 0 Å². The lowest BCUT2D eigenvalue weighted by atomic mass is 9.95. The van der Waals surface area contributed by atoms with Crippen LogP contribution in [0.2, 0.25) is 0 Å². The van der Waals surface area contributed by atoms with Crippen LogP contribution in [0.3, 0.4) is 0 Å². The molecular weight excluding hydrogens is 488 g/mol. The molecule has 0 radical (unpaired) electrons. The molecule has 38 heavy (non-hydrogen) atoms. The third-order valence-corrected chi connectivity index (χ3v) is 6.80. The molecule has 0 aliphatic heterocycles. The van der Waals surface area contributed by atoms with Crippen molar-refractivity contribution in [3.05, 3.63) is 0 Å². The van der Waals surface area contributed by atoms with Crippen molar-refractivity contribution in [1.29, 1.82) is 0 Å². The van der Waals surface area contributed by atoms with Crippen molar-refractivity contribution in [1.82, 2.24) is 20.0 Å². The van der Waals surface area contributed by atoms with Crippen LogP contribution in [0.25, 0.3) is 0 Å². The van der Waals surface area contributed by atoms with Crippen molar-refractivity contribution in [3.8, 4) is 0 Å². The Morgan fingerprint density at radius 3 is 1.63 bits per heavy atom. The van der Waals surface area contributed by atoms with Gasteiger partial charge in [0.1, 0.15) is 24.2 Å². The number of carbonyl (C=O) groups is 5. The minimum absolute atomic E-state index is 0.0523. The van der Waals surface area contributed by atoms with E-state index < -0.39 is 42.0 Å². The fourth-order valence-electron chi connectivity index (χ4n) is 4.63. The van der Waals surface area contributed by atoms with Crippen LogP contribution in [-0.2, 0) is 24.0 Å². The molecule has 4 unspecified atom stereocenters. The van der Waals surface area contributed by atoms with E-state index in [0.29, 0.717) is 19.3 Å². The van der Waals surface area contributed by atoms with Crippen molar-refractivity contribution < 1.29 is 29.1 Å². The van der Waals surface area contributed by atoms with Gasteiger partial charge in [-0.15, -0.1) is 0 Å². The van der Waals surface area contributed by atoms with Gasteiger partial charge in [0.25, 0.3) is 0 Å². The zero-order valence-corrected chi connectivity index (χ0v) is 25.4. The lowest BCUT2D eigenvalue weighted by Gasteiger charge is -2.39. The zero-order chi connectivity index (χ0) is 29.9. The summed E-state index contributed by atoms with van der Waals surface area (Å²) in [4.78, 5) is 69.1. The van der Waals surface area contributed by atoms with E-state index in [-0.39, 0.29) is 42.4 Å². The molecule has 0 bridgehead atoms. The van der Waals surface area contributed by atoms with Gasteiger partial charge < -0.3 is 25.1 Å². The van der Waals surface area contributed by atoms with Gasteiger partial charge in [-0.25, -0.2) is 4.79 Å². The third-order valence-electron chi connectivity index (χ3n) is 6.80. The Hall–Kier alpha value is -2.65. The summed E-state index contributed by atoms with van der Waals surface area (Å²) in [5, 5.41) is 12.1. The molecule has 0 heterocycles. The lowest BCUT2D eigenvalue weighted by Crippen LogP contribution is -2.60. The third kappa shape index (κ3) is 10.3. The maximum absolute atomic E-state index is 13.9. The summed E-state index contributed by atoms with van der Waals surface area (Å²) in [5.41, 5.74) is 0. The van der Waals surface area contributed by atoms with Crippen molar-refractivity contribution in [2.45, 2.75) is 112 Å². The molecule has 4 atom stereocenters. The Balaban J connectivity index is 6.20. The first kappa shape index (κ1) is 35.4. The van der Waals surface area contributed by atoms with Crippen LogP contribution in [0.4, 0.5) is 0 Å². The van der Waals surface area contributed by atoms with Gasteiger partial charge in [-0.3, -0.25) is 19.2 Å². The van der Waals surface area contributed by atoms with Crippen LogP contribution in [0.5, 0.6) is 0 Å². The van der Waals surface area contributed by atoms with Crippen molar-refractivity contribution in [3.63, 3.8) is 0 Å². The lowest BCUT2D eigenvalue weighted by molar-refractivity contribution is -0.154. The normalized spacial score (nSPS) is 14.6. The maximum atomic E-state index is 13.9. The standard InChI is InChI=1S/C28H52N4O6/c1-12-14-20(28(37)38)29-25(34)21(15-17(3)4)31(10)27(36)24(19(7)8)32(11)26(35)22(16-18(5)6)30(9)23(33)13-2/h17-22,24H,12-16H2,1-11H3,(H,29,34)(H,37,38). The second kappa shape index (κ2) is 16.3. The average molecular weight is 541 g/mol. The van der Waals surface area contributed by atoms with E-state index in [1.54, 1.807) is 21.0 Å². The fraction of sp³-hybridized carbons (Fsp3) is 0.821. The fourth-order valence-corrected chi connectivity index (χ4v) is 4.63. The first-order valence-corrected chi connectivity index (χ1v) is 13.8. The molecule has 0 fully saturated rings. The summed E-state index contributed by atoms with van der Waals surface area (Å²) in [6.07, 6.45) is 1.90. The van der Waals surface area contributed by atoms with Gasteiger partial charge in [0.05, 0.1) is 0 Å². The minimum atomic E-state index is -1.12. The second-order valence-electron chi connectivity index (χ2n) is 11.4. The first-order valence-electron chi connectivity index (χ1n) is 13.8. The highest BCUT2D eigenvalue weighted by Gasteiger charge is 2.40. The van der Waals surface area contributed by atoms with E-state index in [4.69, 9.17) is 0 Å². The van der Waals surface area contributed by atoms with Gasteiger partial charge in [0, 0.05) is 27.6 Å². The summed E-state index contributed by atoms with van der Waals surface area (Å²) < 4.78 is 0. The number of likely N-dealkylation sites (N-methyl/N-ethyl adjacent to an activating group) is 3. The van der Waals surface area contributed by atoms with Crippen LogP contribution < -0.4 is 5.32 Å². The highest BCUT2D eigenvalue weighted by molar-refractivity contribution is 5.95. The SMILES string of the molecule is CCCC(NC(=O)C(CC(C)C)N(C)C(=O)C(C(C)C)N(C)C(=O)C(CC(C)C)N(C)C(=O)CC)C(=O)O. The summed E-state index contributed by atoms with van der Waals surface area (Å²) in [5.74, 6) is -2.63. The number of rotatable bonds is 16. The largest absolute Gasteiger partial charge is 0.480 e. The molecule has 0 aliphatic rings. The van der Waals surface area contributed by atoms with Crippen molar-refractivity contribution >= 4 is 29.6 Å². The molecule has 0 aromatic rings. The average Bonchev–Trinajstić information content (AvgIpc) is 2.82. The van der Waals surface area contributed by atoms with E-state index in [0.717, 1.165) is 0 Å². The van der Waals surface area contributed by atoms with Gasteiger partial charge in [0.15, 0.2) is 0 Å². The highest BCUT2D eigenvalue weighted by Crippen LogP contribution is 2.21. The van der Waals surface area contributed by atoms with Crippen molar-refractivity contribution in [2.24, 2.45) is 17.8 Å². The van der Waals surface area contributed by atoms with Crippen LogP contribution in [0.15, 0.2) is 0 Å². The Morgan fingerprint density at radius 2 is 1.24 bits per heavy atom. The molecule has 0 aromatic carbocycles. The van der Waals surface area contributed by atoms with Gasteiger partial charge in [-0.1, -0.05) is 61.8 Å². The summed E-state index contributed by atoms with van der Waals surface area (Å²) in [7, 11) is 4.70. The molecule has 0 saturated carbocycles. The van der Waals surface area contributed by atoms with E-state index in [9.17, 15) is 29.1 Å². The molecule has 10 heteroatoms. The van der Waals surface area contributed by atoms with Gasteiger partial charge in [-0.2, -0.15) is 0 Å². The summed E-state index contributed by atoms with van der Waals surface area (Å²) in [6, 6.07) is -3.53. The Bertz CT molecular complexity index is 813. The number of carbonyl (C=O) groups excluding carboxylic acids is 4. The molecule has 0 saturated heterocycles. The highest BCUT2D eigenvalue weighted by atomic mass is 16.4. The second-order valence-corrected chi connectivity index (χ2v) is 11.4. The van der Waals surface area contributed by atoms with Gasteiger partial charge >= 0.3 is 5.97 Å². The van der Waals surface area contributed by atoms with Crippen LogP contribution in [-0.4, -0.2) is 94.7 Å². The Labute approximate surface area is 229 Å². The Kier molecular flexibility index (Phi) is 15.2. The smallest absolute Gasteiger partial charge is 0.326 e. The molecule has 10 nitrogen and oxygen atoms in total. The predicted octanol–water partition coefficient (Wildman–Crippen LogP) is 3.00. The number of aliphatic carboxylic acids is 1. The van der Waals surface area contributed by atoms with Crippen LogP contribution in [0, 0.1) is 17.8 Å². The molecule has 0 rings (SSSR count). The summed E-state index contributed by atoms with van der Waals surface area (Å²) >= 11 is 0. The number of carboxylic acid groups (broad SMARTS) is 1. The Morgan fingerprint density at radius 1 is 0.737 bits per heavy atom. The number of hydrogen-bond donors (Lipinski definition) is 2. The van der Waals surface area contributed by atoms with E-state index in [1.807, 2.05) is 48.5 Å². The molecular formula is C28H52N4O6. The minimum Gasteiger partial charge on any atom is -0.480 e. The first-order chi connectivity index (χ1) is 17.5. The van der Waals surface area contributed by atoms with Gasteiger partial charge in [-0.05, 0) is 37.0 Å². The molecule has 0 spiro atoms. The topological polar surface area (TPSA) is 127 Å². The van der Waals surface area contributed by atoms with E-state index in [1.165, 1.54) is 21.7 Å². The molecule has 220 valence electrons.